The highest BCUT2D eigenvalue weighted by atomic mass is 16.3. The highest BCUT2D eigenvalue weighted by molar-refractivity contribution is 5.61. The SMILES string of the molecule is Cc1nc(-c2ccc(NCc3ccc(O)cn3)cc2)co1. The molecular formula is C16H15N3O2. The van der Waals surface area contributed by atoms with E-state index in [9.17, 15) is 5.11 Å². The number of aryl methyl sites for hydroxylation is 1. The Morgan fingerprint density at radius 2 is 1.95 bits per heavy atom. The van der Waals surface area contributed by atoms with Gasteiger partial charge in [0.15, 0.2) is 5.89 Å². The van der Waals surface area contributed by atoms with Gasteiger partial charge in [-0.15, -0.1) is 0 Å². The molecular weight excluding hydrogens is 266 g/mol. The maximum Gasteiger partial charge on any atom is 0.191 e. The largest absolute Gasteiger partial charge is 0.506 e. The number of rotatable bonds is 4. The van der Waals surface area contributed by atoms with E-state index in [4.69, 9.17) is 4.42 Å². The Morgan fingerprint density at radius 1 is 1.14 bits per heavy atom. The number of anilines is 1. The molecule has 0 aliphatic rings. The summed E-state index contributed by atoms with van der Waals surface area (Å²) in [6, 6.07) is 11.4. The first-order valence-electron chi connectivity index (χ1n) is 6.61. The molecule has 0 fully saturated rings. The molecule has 21 heavy (non-hydrogen) atoms. The van der Waals surface area contributed by atoms with Crippen LogP contribution in [-0.4, -0.2) is 15.1 Å². The molecule has 5 nitrogen and oxygen atoms in total. The predicted molar refractivity (Wildman–Crippen MR) is 79.9 cm³/mol. The molecule has 0 spiro atoms. The molecule has 0 amide bonds. The molecule has 0 unspecified atom stereocenters. The zero-order valence-electron chi connectivity index (χ0n) is 11.6. The monoisotopic (exact) mass is 281 g/mol. The molecule has 0 saturated carbocycles. The van der Waals surface area contributed by atoms with Crippen LogP contribution in [0.3, 0.4) is 0 Å². The summed E-state index contributed by atoms with van der Waals surface area (Å²) < 4.78 is 5.21. The van der Waals surface area contributed by atoms with Gasteiger partial charge >= 0.3 is 0 Å². The Labute approximate surface area is 122 Å². The molecule has 0 bridgehead atoms. The summed E-state index contributed by atoms with van der Waals surface area (Å²) in [6.07, 6.45) is 3.09. The van der Waals surface area contributed by atoms with Crippen LogP contribution in [-0.2, 0) is 6.54 Å². The molecule has 106 valence electrons. The van der Waals surface area contributed by atoms with Crippen molar-refractivity contribution >= 4 is 5.69 Å². The molecule has 0 atom stereocenters. The van der Waals surface area contributed by atoms with E-state index in [1.54, 1.807) is 18.4 Å². The second kappa shape index (κ2) is 5.66. The summed E-state index contributed by atoms with van der Waals surface area (Å²) in [5.74, 6) is 0.830. The van der Waals surface area contributed by atoms with Crippen molar-refractivity contribution in [2.45, 2.75) is 13.5 Å². The van der Waals surface area contributed by atoms with Crippen molar-refractivity contribution in [3.8, 4) is 17.0 Å². The molecule has 0 saturated heterocycles. The van der Waals surface area contributed by atoms with E-state index in [1.807, 2.05) is 31.2 Å². The predicted octanol–water partition coefficient (Wildman–Crippen LogP) is 3.36. The Kier molecular flexibility index (Phi) is 3.55. The molecule has 0 radical (unpaired) electrons. The van der Waals surface area contributed by atoms with Crippen LogP contribution in [0.25, 0.3) is 11.3 Å². The second-order valence-corrected chi connectivity index (χ2v) is 4.69. The van der Waals surface area contributed by atoms with E-state index in [1.165, 1.54) is 6.20 Å². The standard InChI is InChI=1S/C16H15N3O2/c1-11-19-16(10-21-11)12-2-4-13(5-3-12)17-8-14-6-7-15(20)9-18-14/h2-7,9-10,17,20H,8H2,1H3. The van der Waals surface area contributed by atoms with E-state index >= 15 is 0 Å². The van der Waals surface area contributed by atoms with Crippen molar-refractivity contribution in [1.29, 1.82) is 0 Å². The summed E-state index contributed by atoms with van der Waals surface area (Å²) in [7, 11) is 0. The van der Waals surface area contributed by atoms with Crippen LogP contribution in [0.15, 0.2) is 53.3 Å². The third-order valence-corrected chi connectivity index (χ3v) is 3.08. The lowest BCUT2D eigenvalue weighted by atomic mass is 10.1. The number of aromatic nitrogens is 2. The van der Waals surface area contributed by atoms with E-state index in [2.05, 4.69) is 15.3 Å². The molecule has 3 rings (SSSR count). The van der Waals surface area contributed by atoms with Crippen molar-refractivity contribution in [3.63, 3.8) is 0 Å². The van der Waals surface area contributed by atoms with Gasteiger partial charge in [0.2, 0.25) is 0 Å². The zero-order valence-corrected chi connectivity index (χ0v) is 11.6. The molecule has 3 aromatic rings. The fraction of sp³-hybridized carbons (Fsp3) is 0.125. The minimum Gasteiger partial charge on any atom is -0.506 e. The lowest BCUT2D eigenvalue weighted by Crippen LogP contribution is -2.00. The van der Waals surface area contributed by atoms with Gasteiger partial charge in [0, 0.05) is 18.2 Å². The van der Waals surface area contributed by atoms with Crippen LogP contribution in [0, 0.1) is 6.92 Å². The number of aromatic hydroxyl groups is 1. The topological polar surface area (TPSA) is 71.2 Å². The average Bonchev–Trinajstić information content (AvgIpc) is 2.94. The highest BCUT2D eigenvalue weighted by Gasteiger charge is 2.03. The number of hydrogen-bond donors (Lipinski definition) is 2. The maximum atomic E-state index is 9.19. The van der Waals surface area contributed by atoms with Crippen LogP contribution < -0.4 is 5.32 Å². The Bertz CT molecular complexity index is 718. The van der Waals surface area contributed by atoms with Crippen molar-refractivity contribution in [2.75, 3.05) is 5.32 Å². The third-order valence-electron chi connectivity index (χ3n) is 3.08. The highest BCUT2D eigenvalue weighted by Crippen LogP contribution is 2.21. The normalized spacial score (nSPS) is 10.5. The van der Waals surface area contributed by atoms with Gasteiger partial charge in [-0.25, -0.2) is 4.98 Å². The van der Waals surface area contributed by atoms with Crippen LogP contribution in [0.2, 0.25) is 0 Å². The van der Waals surface area contributed by atoms with E-state index in [0.717, 1.165) is 22.6 Å². The van der Waals surface area contributed by atoms with Crippen LogP contribution >= 0.6 is 0 Å². The number of nitrogens with zero attached hydrogens (tertiary/aromatic N) is 2. The zero-order chi connectivity index (χ0) is 14.7. The van der Waals surface area contributed by atoms with E-state index in [-0.39, 0.29) is 5.75 Å². The van der Waals surface area contributed by atoms with Crippen LogP contribution in [0.5, 0.6) is 5.75 Å². The number of oxazole rings is 1. The molecule has 1 aromatic carbocycles. The summed E-state index contributed by atoms with van der Waals surface area (Å²) in [4.78, 5) is 8.42. The molecule has 0 aliphatic heterocycles. The molecule has 0 aliphatic carbocycles. The third kappa shape index (κ3) is 3.20. The fourth-order valence-corrected chi connectivity index (χ4v) is 1.97. The summed E-state index contributed by atoms with van der Waals surface area (Å²) in [5.41, 5.74) is 3.71. The van der Waals surface area contributed by atoms with E-state index in [0.29, 0.717) is 12.4 Å². The van der Waals surface area contributed by atoms with Crippen molar-refractivity contribution < 1.29 is 9.52 Å². The number of pyridine rings is 1. The van der Waals surface area contributed by atoms with E-state index < -0.39 is 0 Å². The lowest BCUT2D eigenvalue weighted by Gasteiger charge is -2.06. The number of nitrogens with one attached hydrogen (secondary N) is 1. The number of hydrogen-bond acceptors (Lipinski definition) is 5. The van der Waals surface area contributed by atoms with Crippen LogP contribution in [0.1, 0.15) is 11.6 Å². The van der Waals surface area contributed by atoms with Gasteiger partial charge < -0.3 is 14.8 Å². The minimum atomic E-state index is 0.172. The van der Waals surface area contributed by atoms with Gasteiger partial charge in [-0.3, -0.25) is 4.98 Å². The summed E-state index contributed by atoms with van der Waals surface area (Å²) in [5, 5.41) is 12.5. The van der Waals surface area contributed by atoms with Gasteiger partial charge in [0.25, 0.3) is 0 Å². The maximum absolute atomic E-state index is 9.19. The number of benzene rings is 1. The Morgan fingerprint density at radius 3 is 2.57 bits per heavy atom. The average molecular weight is 281 g/mol. The Balaban J connectivity index is 1.65. The van der Waals surface area contributed by atoms with Crippen LogP contribution in [0.4, 0.5) is 5.69 Å². The first kappa shape index (κ1) is 13.2. The molecule has 2 N–H and O–H groups in total. The summed E-state index contributed by atoms with van der Waals surface area (Å²) >= 11 is 0. The molecule has 2 aromatic heterocycles. The first-order valence-corrected chi connectivity index (χ1v) is 6.61. The van der Waals surface area contributed by atoms with Crippen molar-refractivity contribution in [3.05, 3.63) is 60.4 Å². The van der Waals surface area contributed by atoms with Gasteiger partial charge in [0.1, 0.15) is 17.7 Å². The van der Waals surface area contributed by atoms with Gasteiger partial charge in [0.05, 0.1) is 18.4 Å². The Hall–Kier alpha value is -2.82. The second-order valence-electron chi connectivity index (χ2n) is 4.69. The molecule has 5 heteroatoms. The van der Waals surface area contributed by atoms with Gasteiger partial charge in [-0.1, -0.05) is 12.1 Å². The summed E-state index contributed by atoms with van der Waals surface area (Å²) in [6.45, 7) is 2.42. The molecule has 2 heterocycles. The lowest BCUT2D eigenvalue weighted by molar-refractivity contribution is 0.472. The van der Waals surface area contributed by atoms with Gasteiger partial charge in [-0.2, -0.15) is 0 Å². The smallest absolute Gasteiger partial charge is 0.191 e. The van der Waals surface area contributed by atoms with Gasteiger partial charge in [-0.05, 0) is 24.3 Å². The van der Waals surface area contributed by atoms with Crippen molar-refractivity contribution in [1.82, 2.24) is 9.97 Å². The quantitative estimate of drug-likeness (QED) is 0.767. The fourth-order valence-electron chi connectivity index (χ4n) is 1.97. The first-order chi connectivity index (χ1) is 10.2. The van der Waals surface area contributed by atoms with Crippen molar-refractivity contribution in [2.24, 2.45) is 0 Å². The minimum absolute atomic E-state index is 0.172.